The monoisotopic (exact) mass is 829 g/mol. The van der Waals surface area contributed by atoms with Gasteiger partial charge in [-0.1, -0.05) is 6.07 Å². The first-order valence-corrected chi connectivity index (χ1v) is 20.2. The lowest BCUT2D eigenvalue weighted by Crippen LogP contribution is -2.54. The topological polar surface area (TPSA) is 173 Å². The third-order valence-corrected chi connectivity index (χ3v) is 11.9. The highest BCUT2D eigenvalue weighted by molar-refractivity contribution is 6.23. The number of fused-ring (bicyclic) bond motifs is 2. The van der Waals surface area contributed by atoms with Gasteiger partial charge in [-0.3, -0.25) is 39.1 Å². The van der Waals surface area contributed by atoms with E-state index in [1.165, 1.54) is 6.07 Å². The van der Waals surface area contributed by atoms with E-state index in [4.69, 9.17) is 4.98 Å². The molecule has 316 valence electrons. The Labute approximate surface area is 343 Å². The SMILES string of the molecule is CC(C)(O)c1cc2nc(C3CCN(CCCN4CCN(c5ccc6c(c5)C(=O)N(C5CCC(=O)NC5=O)C6=O)CC4)CC3)cn2cc1NC(=O)c1cccc(C(F)(F)F)n1. The number of halogens is 3. The van der Waals surface area contributed by atoms with E-state index in [2.05, 4.69) is 30.3 Å². The van der Waals surface area contributed by atoms with Gasteiger partial charge in [-0.05, 0) is 102 Å². The molecular formula is C42H46F3N9O6. The summed E-state index contributed by atoms with van der Waals surface area (Å²) in [4.78, 5) is 79.9. The second-order valence-corrected chi connectivity index (χ2v) is 16.4. The van der Waals surface area contributed by atoms with Crippen molar-refractivity contribution in [3.8, 4) is 0 Å². The summed E-state index contributed by atoms with van der Waals surface area (Å²) in [5.41, 5.74) is 0.499. The number of carbonyl (C=O) groups is 5. The fourth-order valence-electron chi connectivity index (χ4n) is 8.62. The first kappa shape index (κ1) is 41.0. The molecule has 0 aliphatic carbocycles. The number of likely N-dealkylation sites (tertiary alicyclic amines) is 1. The molecule has 60 heavy (non-hydrogen) atoms. The van der Waals surface area contributed by atoms with Gasteiger partial charge in [0.2, 0.25) is 11.8 Å². The maximum atomic E-state index is 13.3. The Hall–Kier alpha value is -5.72. The molecule has 15 nitrogen and oxygen atoms in total. The van der Waals surface area contributed by atoms with E-state index in [0.717, 1.165) is 100 Å². The van der Waals surface area contributed by atoms with Crippen molar-refractivity contribution in [3.63, 3.8) is 0 Å². The average Bonchev–Trinajstić information content (AvgIpc) is 3.74. The molecule has 1 aromatic carbocycles. The number of rotatable bonds is 10. The number of alkyl halides is 3. The van der Waals surface area contributed by atoms with E-state index >= 15 is 0 Å². The van der Waals surface area contributed by atoms with Gasteiger partial charge in [-0.2, -0.15) is 13.2 Å². The maximum Gasteiger partial charge on any atom is 0.433 e. The van der Waals surface area contributed by atoms with Crippen LogP contribution in [0, 0.1) is 0 Å². The van der Waals surface area contributed by atoms with Gasteiger partial charge < -0.3 is 24.6 Å². The van der Waals surface area contributed by atoms with Crippen LogP contribution in [0.15, 0.2) is 54.9 Å². The molecule has 4 aliphatic rings. The summed E-state index contributed by atoms with van der Waals surface area (Å²) < 4.78 is 41.5. The van der Waals surface area contributed by atoms with Crippen molar-refractivity contribution in [2.75, 3.05) is 62.6 Å². The molecule has 3 fully saturated rings. The number of aliphatic hydroxyl groups is 1. The molecule has 1 atom stereocenters. The Morgan fingerprint density at radius 3 is 2.25 bits per heavy atom. The summed E-state index contributed by atoms with van der Waals surface area (Å²) in [7, 11) is 0. The summed E-state index contributed by atoms with van der Waals surface area (Å²) in [6.07, 6.45) is 1.83. The minimum Gasteiger partial charge on any atom is -0.386 e. The Kier molecular flexibility index (Phi) is 11.0. The van der Waals surface area contributed by atoms with Crippen LogP contribution in [0.3, 0.4) is 0 Å². The zero-order chi connectivity index (χ0) is 42.5. The lowest BCUT2D eigenvalue weighted by molar-refractivity contribution is -0.141. The van der Waals surface area contributed by atoms with E-state index in [9.17, 15) is 42.3 Å². The van der Waals surface area contributed by atoms with Gasteiger partial charge >= 0.3 is 6.18 Å². The average molecular weight is 830 g/mol. The Morgan fingerprint density at radius 2 is 1.57 bits per heavy atom. The number of amides is 5. The van der Waals surface area contributed by atoms with Crippen LogP contribution < -0.4 is 15.5 Å². The predicted molar refractivity (Wildman–Crippen MR) is 212 cm³/mol. The number of pyridine rings is 2. The lowest BCUT2D eigenvalue weighted by Gasteiger charge is -2.37. The molecule has 0 bridgehead atoms. The summed E-state index contributed by atoms with van der Waals surface area (Å²) in [6, 6.07) is 9.05. The Morgan fingerprint density at radius 1 is 0.867 bits per heavy atom. The number of hydrogen-bond acceptors (Lipinski definition) is 11. The van der Waals surface area contributed by atoms with Crippen LogP contribution >= 0.6 is 0 Å². The van der Waals surface area contributed by atoms with Gasteiger partial charge in [0.15, 0.2) is 0 Å². The van der Waals surface area contributed by atoms with Gasteiger partial charge in [-0.15, -0.1) is 0 Å². The molecule has 3 aromatic heterocycles. The Balaban J connectivity index is 0.814. The molecule has 1 unspecified atom stereocenters. The standard InChI is InChI=1S/C42H46F3N9O6/c1-41(2,60)29-22-35-47-31(23-53(35)24-32(29)48-37(56)30-5-3-6-34(46-30)42(43,44)45)25-11-15-50(16-12-25)13-4-14-51-17-19-52(20-18-51)26-7-8-27-28(21-26)40(59)54(39(27)58)33-9-10-36(55)49-38(33)57/h3,5-8,21-25,33,60H,4,9-20H2,1-2H3,(H,48,56)(H,49,55,57). The van der Waals surface area contributed by atoms with Crippen LogP contribution in [0.5, 0.6) is 0 Å². The van der Waals surface area contributed by atoms with E-state index in [1.54, 1.807) is 42.6 Å². The second kappa shape index (κ2) is 16.0. The number of carbonyl (C=O) groups excluding carboxylic acids is 5. The molecule has 8 rings (SSSR count). The number of aromatic nitrogens is 3. The molecule has 18 heteroatoms. The van der Waals surface area contributed by atoms with Gasteiger partial charge in [0.05, 0.1) is 28.1 Å². The number of benzene rings is 1. The summed E-state index contributed by atoms with van der Waals surface area (Å²) in [5.74, 6) is -2.69. The number of imide groups is 2. The molecule has 4 aliphatic heterocycles. The number of piperidine rings is 2. The van der Waals surface area contributed by atoms with E-state index in [0.29, 0.717) is 11.2 Å². The minimum absolute atomic E-state index is 0.0728. The molecule has 0 spiro atoms. The normalized spacial score (nSPS) is 19.9. The van der Waals surface area contributed by atoms with E-state index in [1.807, 2.05) is 12.3 Å². The van der Waals surface area contributed by atoms with Crippen molar-refractivity contribution in [1.82, 2.24) is 34.4 Å². The number of nitrogens with one attached hydrogen (secondary N) is 2. The molecule has 4 aromatic rings. The minimum atomic E-state index is -4.70. The number of nitrogens with zero attached hydrogens (tertiary/aromatic N) is 7. The molecular weight excluding hydrogens is 784 g/mol. The number of hydrogen-bond donors (Lipinski definition) is 3. The smallest absolute Gasteiger partial charge is 0.386 e. The van der Waals surface area contributed by atoms with Gasteiger partial charge in [-0.25, -0.2) is 9.97 Å². The third-order valence-electron chi connectivity index (χ3n) is 11.9. The molecule has 0 radical (unpaired) electrons. The predicted octanol–water partition coefficient (Wildman–Crippen LogP) is 4.02. The largest absolute Gasteiger partial charge is 0.433 e. The van der Waals surface area contributed by atoms with E-state index < -0.39 is 58.7 Å². The fraction of sp³-hybridized carbons (Fsp3) is 0.452. The molecule has 0 saturated carbocycles. The van der Waals surface area contributed by atoms with Crippen LogP contribution in [0.2, 0.25) is 0 Å². The van der Waals surface area contributed by atoms with Crippen molar-refractivity contribution in [2.24, 2.45) is 0 Å². The van der Waals surface area contributed by atoms with Crippen molar-refractivity contribution in [3.05, 3.63) is 88.6 Å². The molecule has 3 N–H and O–H groups in total. The number of piperazine rings is 1. The van der Waals surface area contributed by atoms with Crippen LogP contribution in [0.1, 0.15) is 100 Å². The van der Waals surface area contributed by atoms with Crippen molar-refractivity contribution < 1.29 is 42.3 Å². The number of imidazole rings is 1. The second-order valence-electron chi connectivity index (χ2n) is 16.4. The van der Waals surface area contributed by atoms with Crippen molar-refractivity contribution in [2.45, 2.75) is 69.7 Å². The number of anilines is 2. The highest BCUT2D eigenvalue weighted by atomic mass is 19.4. The van der Waals surface area contributed by atoms with E-state index in [-0.39, 0.29) is 35.6 Å². The fourth-order valence-corrected chi connectivity index (χ4v) is 8.62. The van der Waals surface area contributed by atoms with Crippen LogP contribution in [0.4, 0.5) is 24.5 Å². The highest BCUT2D eigenvalue weighted by Crippen LogP contribution is 2.34. The summed E-state index contributed by atoms with van der Waals surface area (Å²) in [6.45, 7) is 10.1. The zero-order valence-corrected chi connectivity index (χ0v) is 33.3. The van der Waals surface area contributed by atoms with Crippen LogP contribution in [0.25, 0.3) is 5.65 Å². The summed E-state index contributed by atoms with van der Waals surface area (Å²) in [5, 5.41) is 15.8. The van der Waals surface area contributed by atoms with Gasteiger partial charge in [0.1, 0.15) is 23.1 Å². The Bertz CT molecular complexity index is 2360. The highest BCUT2D eigenvalue weighted by Gasteiger charge is 2.45. The maximum absolute atomic E-state index is 13.3. The lowest BCUT2D eigenvalue weighted by atomic mass is 9.94. The summed E-state index contributed by atoms with van der Waals surface area (Å²) >= 11 is 0. The first-order valence-electron chi connectivity index (χ1n) is 20.2. The molecule has 3 saturated heterocycles. The molecule has 7 heterocycles. The quantitative estimate of drug-likeness (QED) is 0.197. The first-order chi connectivity index (χ1) is 28.5. The third kappa shape index (κ3) is 8.35. The van der Waals surface area contributed by atoms with Gasteiger partial charge in [0.25, 0.3) is 17.7 Å². The van der Waals surface area contributed by atoms with Crippen molar-refractivity contribution in [1.29, 1.82) is 0 Å². The van der Waals surface area contributed by atoms with Gasteiger partial charge in [0, 0.05) is 62.2 Å². The van der Waals surface area contributed by atoms with Crippen LogP contribution in [-0.2, 0) is 21.4 Å². The van der Waals surface area contributed by atoms with Crippen molar-refractivity contribution >= 4 is 46.6 Å². The zero-order valence-electron chi connectivity index (χ0n) is 33.3. The van der Waals surface area contributed by atoms with Crippen LogP contribution in [-0.4, -0.2) is 122 Å². The molecule has 5 amide bonds.